The van der Waals surface area contributed by atoms with Crippen molar-refractivity contribution in [1.29, 1.82) is 0 Å². The van der Waals surface area contributed by atoms with Gasteiger partial charge in [0.05, 0.1) is 28.2 Å². The molecule has 0 aliphatic heterocycles. The molecule has 3 rings (SSSR count). The number of aromatic nitrogens is 1. The molecule has 0 N–H and O–H groups in total. The van der Waals surface area contributed by atoms with E-state index < -0.39 is 0 Å². The van der Waals surface area contributed by atoms with Crippen LogP contribution in [0.5, 0.6) is 5.75 Å². The molecule has 21 heavy (non-hydrogen) atoms. The van der Waals surface area contributed by atoms with Crippen LogP contribution in [0.2, 0.25) is 0 Å². The molecule has 110 valence electrons. The summed E-state index contributed by atoms with van der Waals surface area (Å²) in [5.41, 5.74) is 1.19. The van der Waals surface area contributed by atoms with Crippen molar-refractivity contribution < 1.29 is 14.1 Å². The van der Waals surface area contributed by atoms with Gasteiger partial charge in [0, 0.05) is 11.5 Å². The highest BCUT2D eigenvalue weighted by Crippen LogP contribution is 2.43. The van der Waals surface area contributed by atoms with Gasteiger partial charge in [0.2, 0.25) is 0 Å². The smallest absolute Gasteiger partial charge is 0.199 e. The summed E-state index contributed by atoms with van der Waals surface area (Å²) in [5, 5.41) is 3.80. The standard InChI is InChI=1S/C15H14BrNO3S/c1-19-14-11(16)6-5-9(15(14)21-2)12(18)10-7-17-20-13(10)8-3-4-8/h5-8H,3-4H2,1-2H3. The minimum absolute atomic E-state index is 0.0618. The first-order chi connectivity index (χ1) is 10.2. The molecule has 0 atom stereocenters. The van der Waals surface area contributed by atoms with Gasteiger partial charge in [-0.15, -0.1) is 11.8 Å². The Morgan fingerprint density at radius 3 is 2.81 bits per heavy atom. The van der Waals surface area contributed by atoms with Crippen LogP contribution in [0.3, 0.4) is 0 Å². The Bertz CT molecular complexity index is 694. The zero-order chi connectivity index (χ0) is 15.0. The number of methoxy groups -OCH3 is 1. The van der Waals surface area contributed by atoms with E-state index in [1.807, 2.05) is 18.4 Å². The molecule has 1 aromatic heterocycles. The Hall–Kier alpha value is -1.27. The number of benzene rings is 1. The van der Waals surface area contributed by atoms with Crippen molar-refractivity contribution in [1.82, 2.24) is 5.16 Å². The van der Waals surface area contributed by atoms with Gasteiger partial charge in [-0.3, -0.25) is 4.79 Å². The summed E-state index contributed by atoms with van der Waals surface area (Å²) in [7, 11) is 1.60. The number of ketones is 1. The molecule has 0 unspecified atom stereocenters. The topological polar surface area (TPSA) is 52.3 Å². The third-order valence-electron chi connectivity index (χ3n) is 3.51. The van der Waals surface area contributed by atoms with Crippen LogP contribution in [0, 0.1) is 0 Å². The van der Waals surface area contributed by atoms with Crippen molar-refractivity contribution in [3.8, 4) is 5.75 Å². The molecule has 1 aliphatic rings. The third kappa shape index (κ3) is 2.62. The van der Waals surface area contributed by atoms with Gasteiger partial charge < -0.3 is 9.26 Å². The molecule has 6 heteroatoms. The minimum atomic E-state index is -0.0618. The van der Waals surface area contributed by atoms with E-state index in [0.29, 0.717) is 28.6 Å². The second kappa shape index (κ2) is 5.85. The number of carbonyl (C=O) groups excluding carboxylic acids is 1. The summed E-state index contributed by atoms with van der Waals surface area (Å²) in [6.45, 7) is 0. The number of hydrogen-bond acceptors (Lipinski definition) is 5. The van der Waals surface area contributed by atoms with Gasteiger partial charge in [-0.2, -0.15) is 0 Å². The van der Waals surface area contributed by atoms with Crippen molar-refractivity contribution >= 4 is 33.5 Å². The summed E-state index contributed by atoms with van der Waals surface area (Å²) < 4.78 is 11.5. The second-order valence-corrected chi connectivity index (χ2v) is 6.54. The molecule has 4 nitrogen and oxygen atoms in total. The number of ether oxygens (including phenoxy) is 1. The number of thioether (sulfide) groups is 1. The molecule has 0 spiro atoms. The number of nitrogens with zero attached hydrogens (tertiary/aromatic N) is 1. The normalized spacial score (nSPS) is 14.2. The van der Waals surface area contributed by atoms with Gasteiger partial charge in [-0.25, -0.2) is 0 Å². The van der Waals surface area contributed by atoms with E-state index in [1.54, 1.807) is 7.11 Å². The first-order valence-corrected chi connectivity index (χ1v) is 8.59. The van der Waals surface area contributed by atoms with Crippen LogP contribution in [-0.2, 0) is 0 Å². The lowest BCUT2D eigenvalue weighted by Crippen LogP contribution is -2.06. The molecule has 1 saturated carbocycles. The number of halogens is 1. The zero-order valence-corrected chi connectivity index (χ0v) is 14.1. The van der Waals surface area contributed by atoms with E-state index in [2.05, 4.69) is 21.1 Å². The summed E-state index contributed by atoms with van der Waals surface area (Å²) in [4.78, 5) is 13.7. The Morgan fingerprint density at radius 1 is 1.43 bits per heavy atom. The molecule has 2 aromatic rings. The van der Waals surface area contributed by atoms with E-state index in [-0.39, 0.29) is 5.78 Å². The lowest BCUT2D eigenvalue weighted by Gasteiger charge is -2.12. The average Bonchev–Trinajstić information content (AvgIpc) is 3.23. The molecule has 0 saturated heterocycles. The lowest BCUT2D eigenvalue weighted by atomic mass is 10.0. The highest BCUT2D eigenvalue weighted by molar-refractivity contribution is 9.10. The molecular formula is C15H14BrNO3S. The fourth-order valence-electron chi connectivity index (χ4n) is 2.31. The van der Waals surface area contributed by atoms with Crippen LogP contribution in [0.1, 0.15) is 40.4 Å². The van der Waals surface area contributed by atoms with Gasteiger partial charge in [-0.1, -0.05) is 5.16 Å². The SMILES string of the molecule is COc1c(Br)ccc(C(=O)c2cnoc2C2CC2)c1SC. The molecular weight excluding hydrogens is 354 g/mol. The molecule has 0 amide bonds. The predicted octanol–water partition coefficient (Wildman–Crippen LogP) is 4.28. The van der Waals surface area contributed by atoms with Gasteiger partial charge in [-0.05, 0) is 47.2 Å². The van der Waals surface area contributed by atoms with E-state index in [0.717, 1.165) is 22.2 Å². The highest BCUT2D eigenvalue weighted by atomic mass is 79.9. The first kappa shape index (κ1) is 14.7. The molecule has 1 aliphatic carbocycles. The monoisotopic (exact) mass is 367 g/mol. The summed E-state index contributed by atoms with van der Waals surface area (Å²) in [6, 6.07) is 3.64. The van der Waals surface area contributed by atoms with Crippen molar-refractivity contribution in [3.63, 3.8) is 0 Å². The van der Waals surface area contributed by atoms with E-state index in [9.17, 15) is 4.79 Å². The molecule has 1 heterocycles. The van der Waals surface area contributed by atoms with Crippen molar-refractivity contribution in [2.24, 2.45) is 0 Å². The average molecular weight is 368 g/mol. The van der Waals surface area contributed by atoms with Crippen molar-refractivity contribution in [3.05, 3.63) is 39.7 Å². The third-order valence-corrected chi connectivity index (χ3v) is 4.95. The van der Waals surface area contributed by atoms with Crippen LogP contribution in [0.25, 0.3) is 0 Å². The van der Waals surface area contributed by atoms with E-state index in [1.165, 1.54) is 18.0 Å². The zero-order valence-electron chi connectivity index (χ0n) is 11.7. The molecule has 1 aromatic carbocycles. The minimum Gasteiger partial charge on any atom is -0.494 e. The maximum absolute atomic E-state index is 12.8. The van der Waals surface area contributed by atoms with E-state index >= 15 is 0 Å². The Labute approximate surface area is 135 Å². The van der Waals surface area contributed by atoms with Gasteiger partial charge in [0.15, 0.2) is 11.5 Å². The quantitative estimate of drug-likeness (QED) is 0.583. The fraction of sp³-hybridized carbons (Fsp3) is 0.333. The molecule has 1 fully saturated rings. The van der Waals surface area contributed by atoms with Crippen molar-refractivity contribution in [2.75, 3.05) is 13.4 Å². The van der Waals surface area contributed by atoms with Crippen LogP contribution in [0.4, 0.5) is 0 Å². The van der Waals surface area contributed by atoms with Crippen molar-refractivity contribution in [2.45, 2.75) is 23.7 Å². The number of rotatable bonds is 5. The van der Waals surface area contributed by atoms with Crippen LogP contribution in [0.15, 0.2) is 32.2 Å². The Balaban J connectivity index is 2.07. The Morgan fingerprint density at radius 2 is 2.19 bits per heavy atom. The predicted molar refractivity (Wildman–Crippen MR) is 84.4 cm³/mol. The fourth-order valence-corrected chi connectivity index (χ4v) is 3.70. The maximum Gasteiger partial charge on any atom is 0.199 e. The number of carbonyl (C=O) groups is 1. The van der Waals surface area contributed by atoms with E-state index in [4.69, 9.17) is 9.26 Å². The van der Waals surface area contributed by atoms with Gasteiger partial charge in [0.1, 0.15) is 5.75 Å². The summed E-state index contributed by atoms with van der Waals surface area (Å²) >= 11 is 4.94. The van der Waals surface area contributed by atoms with Crippen LogP contribution < -0.4 is 4.74 Å². The summed E-state index contributed by atoms with van der Waals surface area (Å²) in [5.74, 6) is 1.68. The summed E-state index contributed by atoms with van der Waals surface area (Å²) in [6.07, 6.45) is 5.58. The van der Waals surface area contributed by atoms with Gasteiger partial charge in [0.25, 0.3) is 0 Å². The Kier molecular flexibility index (Phi) is 4.08. The first-order valence-electron chi connectivity index (χ1n) is 6.57. The maximum atomic E-state index is 12.8. The number of hydrogen-bond donors (Lipinski definition) is 0. The largest absolute Gasteiger partial charge is 0.494 e. The second-order valence-electron chi connectivity index (χ2n) is 4.87. The van der Waals surface area contributed by atoms with Gasteiger partial charge >= 0.3 is 0 Å². The molecule has 0 radical (unpaired) electrons. The highest BCUT2D eigenvalue weighted by Gasteiger charge is 2.33. The van der Waals surface area contributed by atoms with Crippen LogP contribution in [-0.4, -0.2) is 24.3 Å². The molecule has 0 bridgehead atoms. The van der Waals surface area contributed by atoms with Crippen LogP contribution >= 0.6 is 27.7 Å². The lowest BCUT2D eigenvalue weighted by molar-refractivity contribution is 0.103.